The van der Waals surface area contributed by atoms with Crippen LogP contribution in [0.15, 0.2) is 46.6 Å². The maximum atomic E-state index is 2.52. The number of hydrogen-bond donors (Lipinski definition) is 0. The Morgan fingerprint density at radius 1 is 1.11 bits per heavy atom. The first-order valence-corrected chi connectivity index (χ1v) is 7.18. The molecule has 0 N–H and O–H groups in total. The lowest BCUT2D eigenvalue weighted by molar-refractivity contribution is 0.445. The van der Waals surface area contributed by atoms with Gasteiger partial charge in [0, 0.05) is 10.8 Å². The van der Waals surface area contributed by atoms with E-state index >= 15 is 0 Å². The second-order valence-electron chi connectivity index (χ2n) is 7.08. The molecule has 0 radical (unpaired) electrons. The standard InChI is InChI=1S/C18H24/c1-12-6-7-14-15(10-12)17(3,4)16-11-13(2)8-9-18(14,16)5/h7-8,10-12H,6,9H2,1-5H3. The van der Waals surface area contributed by atoms with Gasteiger partial charge in [-0.2, -0.15) is 0 Å². The van der Waals surface area contributed by atoms with Gasteiger partial charge in [-0.15, -0.1) is 0 Å². The summed E-state index contributed by atoms with van der Waals surface area (Å²) >= 11 is 0. The quantitative estimate of drug-likeness (QED) is 0.546. The maximum absolute atomic E-state index is 2.52. The van der Waals surface area contributed by atoms with Crippen LogP contribution in [0, 0.1) is 16.7 Å². The zero-order chi connectivity index (χ0) is 13.1. The van der Waals surface area contributed by atoms with Crippen LogP contribution in [0.1, 0.15) is 47.5 Å². The van der Waals surface area contributed by atoms with Crippen molar-refractivity contribution in [3.63, 3.8) is 0 Å². The van der Waals surface area contributed by atoms with E-state index in [9.17, 15) is 0 Å². The van der Waals surface area contributed by atoms with Gasteiger partial charge < -0.3 is 0 Å². The first kappa shape index (κ1) is 12.0. The zero-order valence-corrected chi connectivity index (χ0v) is 12.3. The normalized spacial score (nSPS) is 37.1. The lowest BCUT2D eigenvalue weighted by atomic mass is 9.70. The molecule has 0 aromatic rings. The highest BCUT2D eigenvalue weighted by molar-refractivity contribution is 5.61. The predicted octanol–water partition coefficient (Wildman–Crippen LogP) is 5.20. The van der Waals surface area contributed by atoms with Crippen molar-refractivity contribution < 1.29 is 0 Å². The van der Waals surface area contributed by atoms with E-state index < -0.39 is 0 Å². The fourth-order valence-corrected chi connectivity index (χ4v) is 4.11. The molecule has 0 spiro atoms. The average molecular weight is 240 g/mol. The van der Waals surface area contributed by atoms with Gasteiger partial charge in [0.25, 0.3) is 0 Å². The van der Waals surface area contributed by atoms with Crippen molar-refractivity contribution in [2.24, 2.45) is 16.7 Å². The third kappa shape index (κ3) is 1.38. The van der Waals surface area contributed by atoms with Gasteiger partial charge in [0.05, 0.1) is 0 Å². The summed E-state index contributed by atoms with van der Waals surface area (Å²) in [7, 11) is 0. The van der Waals surface area contributed by atoms with E-state index in [2.05, 4.69) is 58.9 Å². The van der Waals surface area contributed by atoms with Crippen molar-refractivity contribution in [3.05, 3.63) is 46.6 Å². The molecule has 2 unspecified atom stereocenters. The summed E-state index contributed by atoms with van der Waals surface area (Å²) in [5, 5.41) is 0. The van der Waals surface area contributed by atoms with Crippen LogP contribution < -0.4 is 0 Å². The SMILES string of the molecule is CC1=CCC2(C)C3=CCC(C)C=C3C(C)(C)C2=C1. The largest absolute Gasteiger partial charge is 0.0804 e. The van der Waals surface area contributed by atoms with Crippen LogP contribution in [0.25, 0.3) is 0 Å². The minimum absolute atomic E-state index is 0.213. The van der Waals surface area contributed by atoms with Gasteiger partial charge >= 0.3 is 0 Å². The fraction of sp³-hybridized carbons (Fsp3) is 0.556. The van der Waals surface area contributed by atoms with Crippen LogP contribution >= 0.6 is 0 Å². The van der Waals surface area contributed by atoms with E-state index in [0.29, 0.717) is 5.92 Å². The predicted molar refractivity (Wildman–Crippen MR) is 78.3 cm³/mol. The lowest BCUT2D eigenvalue weighted by Crippen LogP contribution is -2.22. The minimum atomic E-state index is 0.213. The molecule has 3 rings (SSSR count). The van der Waals surface area contributed by atoms with Crippen molar-refractivity contribution in [1.82, 2.24) is 0 Å². The van der Waals surface area contributed by atoms with E-state index in [-0.39, 0.29) is 10.8 Å². The van der Waals surface area contributed by atoms with Gasteiger partial charge in [0.2, 0.25) is 0 Å². The van der Waals surface area contributed by atoms with Crippen LogP contribution in [0.2, 0.25) is 0 Å². The van der Waals surface area contributed by atoms with Crippen molar-refractivity contribution in [1.29, 1.82) is 0 Å². The van der Waals surface area contributed by atoms with Crippen molar-refractivity contribution in [3.8, 4) is 0 Å². The Bertz CT molecular complexity index is 522. The molecule has 0 heteroatoms. The van der Waals surface area contributed by atoms with Crippen LogP contribution in [0.4, 0.5) is 0 Å². The third-order valence-electron chi connectivity index (χ3n) is 5.18. The van der Waals surface area contributed by atoms with E-state index in [0.717, 1.165) is 0 Å². The summed E-state index contributed by atoms with van der Waals surface area (Å²) in [5.41, 5.74) is 6.74. The second kappa shape index (κ2) is 3.50. The fourth-order valence-electron chi connectivity index (χ4n) is 4.11. The van der Waals surface area contributed by atoms with Crippen molar-refractivity contribution in [2.45, 2.75) is 47.5 Å². The molecule has 0 saturated heterocycles. The molecule has 0 aliphatic heterocycles. The summed E-state index contributed by atoms with van der Waals surface area (Å²) in [6.07, 6.45) is 12.3. The molecule has 0 bridgehead atoms. The molecule has 0 nitrogen and oxygen atoms in total. The molecule has 0 aromatic heterocycles. The van der Waals surface area contributed by atoms with Gasteiger partial charge in [-0.05, 0) is 42.4 Å². The van der Waals surface area contributed by atoms with Crippen LogP contribution in [0.3, 0.4) is 0 Å². The Morgan fingerprint density at radius 3 is 2.56 bits per heavy atom. The molecule has 0 amide bonds. The monoisotopic (exact) mass is 240 g/mol. The first-order valence-electron chi connectivity index (χ1n) is 7.18. The molecule has 2 atom stereocenters. The molecule has 18 heavy (non-hydrogen) atoms. The summed E-state index contributed by atoms with van der Waals surface area (Å²) < 4.78 is 0. The molecule has 96 valence electrons. The summed E-state index contributed by atoms with van der Waals surface area (Å²) in [6.45, 7) is 11.8. The smallest absolute Gasteiger partial charge is 0.0180 e. The molecule has 0 heterocycles. The second-order valence-corrected chi connectivity index (χ2v) is 7.08. The third-order valence-corrected chi connectivity index (χ3v) is 5.18. The van der Waals surface area contributed by atoms with E-state index in [1.165, 1.54) is 18.4 Å². The van der Waals surface area contributed by atoms with Gasteiger partial charge in [-0.25, -0.2) is 0 Å². The highest BCUT2D eigenvalue weighted by atomic mass is 14.6. The van der Waals surface area contributed by atoms with Gasteiger partial charge in [-0.1, -0.05) is 57.6 Å². The molecule has 1 fully saturated rings. The Balaban J connectivity index is 2.23. The summed E-state index contributed by atoms with van der Waals surface area (Å²) in [6, 6.07) is 0. The Kier molecular flexibility index (Phi) is 2.33. The number of allylic oxidation sites excluding steroid dienone is 8. The van der Waals surface area contributed by atoms with Gasteiger partial charge in [0.15, 0.2) is 0 Å². The summed E-state index contributed by atoms with van der Waals surface area (Å²) in [5.74, 6) is 0.696. The van der Waals surface area contributed by atoms with Crippen LogP contribution in [-0.2, 0) is 0 Å². The lowest BCUT2D eigenvalue weighted by Gasteiger charge is -2.33. The number of fused-ring (bicyclic) bond motifs is 3. The zero-order valence-electron chi connectivity index (χ0n) is 12.3. The highest BCUT2D eigenvalue weighted by Crippen LogP contribution is 2.64. The number of rotatable bonds is 0. The van der Waals surface area contributed by atoms with E-state index in [4.69, 9.17) is 0 Å². The average Bonchev–Trinajstić information content (AvgIpc) is 2.47. The Morgan fingerprint density at radius 2 is 1.83 bits per heavy atom. The first-order chi connectivity index (χ1) is 8.35. The molecular weight excluding hydrogens is 216 g/mol. The van der Waals surface area contributed by atoms with Crippen molar-refractivity contribution >= 4 is 0 Å². The van der Waals surface area contributed by atoms with Gasteiger partial charge in [0.1, 0.15) is 0 Å². The molecular formula is C18H24. The van der Waals surface area contributed by atoms with Crippen LogP contribution in [0.5, 0.6) is 0 Å². The topological polar surface area (TPSA) is 0 Å². The van der Waals surface area contributed by atoms with Gasteiger partial charge in [-0.3, -0.25) is 0 Å². The van der Waals surface area contributed by atoms with Crippen LogP contribution in [-0.4, -0.2) is 0 Å². The number of hydrogen-bond acceptors (Lipinski definition) is 0. The minimum Gasteiger partial charge on any atom is -0.0804 e. The van der Waals surface area contributed by atoms with E-state index in [1.807, 2.05) is 0 Å². The summed E-state index contributed by atoms with van der Waals surface area (Å²) in [4.78, 5) is 0. The molecule has 0 aromatic carbocycles. The Hall–Kier alpha value is -1.04. The van der Waals surface area contributed by atoms with E-state index in [1.54, 1.807) is 16.7 Å². The molecule has 3 aliphatic rings. The maximum Gasteiger partial charge on any atom is 0.0180 e. The molecule has 1 saturated carbocycles. The van der Waals surface area contributed by atoms with Crippen molar-refractivity contribution in [2.75, 3.05) is 0 Å². The highest BCUT2D eigenvalue weighted by Gasteiger charge is 2.52. The Labute approximate surface area is 111 Å². The molecule has 3 aliphatic carbocycles.